The van der Waals surface area contributed by atoms with Gasteiger partial charge in [-0.15, -0.1) is 0 Å². The molecule has 1 aromatic heterocycles. The fraction of sp³-hybridized carbons (Fsp3) is 0.214. The van der Waals surface area contributed by atoms with Crippen LogP contribution < -0.4 is 24.8 Å². The Morgan fingerprint density at radius 2 is 1.97 bits per heavy atom. The molecule has 5 rings (SSSR count). The van der Waals surface area contributed by atoms with E-state index in [1.54, 1.807) is 42.6 Å². The quantitative estimate of drug-likeness (QED) is 0.437. The molecule has 2 aliphatic heterocycles. The lowest BCUT2D eigenvalue weighted by molar-refractivity contribution is -0.140. The molecule has 10 nitrogen and oxygen atoms in total. The lowest BCUT2D eigenvalue weighted by Crippen LogP contribution is -2.46. The summed E-state index contributed by atoms with van der Waals surface area (Å²) in [7, 11) is 1.51. The van der Waals surface area contributed by atoms with Crippen molar-refractivity contribution in [3.63, 3.8) is 0 Å². The van der Waals surface area contributed by atoms with Crippen LogP contribution in [0.3, 0.4) is 0 Å². The first-order valence-corrected chi connectivity index (χ1v) is 11.9. The van der Waals surface area contributed by atoms with Crippen molar-refractivity contribution < 1.29 is 28.5 Å². The molecule has 3 aromatic rings. The van der Waals surface area contributed by atoms with Crippen LogP contribution in [-0.4, -0.2) is 30.9 Å². The normalized spacial score (nSPS) is 15.8. The number of aryl methyl sites for hydroxylation is 1. The number of ether oxygens (including phenoxy) is 4. The second-order valence-electron chi connectivity index (χ2n) is 8.63. The number of hydrogen-bond acceptors (Lipinski definition) is 8. The number of aromatic nitrogens is 1. The van der Waals surface area contributed by atoms with Gasteiger partial charge in [-0.05, 0) is 59.9 Å². The van der Waals surface area contributed by atoms with E-state index in [0.717, 1.165) is 5.56 Å². The van der Waals surface area contributed by atoms with Gasteiger partial charge in [-0.1, -0.05) is 18.2 Å². The van der Waals surface area contributed by atoms with Crippen LogP contribution in [0.2, 0.25) is 0 Å². The molecule has 0 spiro atoms. The summed E-state index contributed by atoms with van der Waals surface area (Å²) in [6, 6.07) is 16.7. The molecule has 2 N–H and O–H groups in total. The Morgan fingerprint density at radius 1 is 1.11 bits per heavy atom. The Kier molecular flexibility index (Phi) is 7.08. The number of allylic oxidation sites excluding steroid dienone is 1. The van der Waals surface area contributed by atoms with Crippen LogP contribution in [0.5, 0.6) is 17.4 Å². The average molecular weight is 513 g/mol. The standard InChI is InChI=1S/C28H24N4O6/c1-35-24-10-7-20(14-30-24)26-25(27(33)36-15-19-4-2-3-18(11-19)13-29)21(31-28(34)32-26)8-5-17-6-9-22-23(12-17)38-16-37-22/h2-4,6-7,9-12,14,26H,5,8,15-16H2,1H3,(H2,31,32,34). The summed E-state index contributed by atoms with van der Waals surface area (Å²) in [4.78, 5) is 30.4. The maximum atomic E-state index is 13.5. The highest BCUT2D eigenvalue weighted by Gasteiger charge is 2.34. The number of nitrogens with zero attached hydrogens (tertiary/aromatic N) is 2. The van der Waals surface area contributed by atoms with Crippen LogP contribution in [0.1, 0.15) is 34.7 Å². The summed E-state index contributed by atoms with van der Waals surface area (Å²) in [6.07, 6.45) is 2.44. The highest BCUT2D eigenvalue weighted by Crippen LogP contribution is 2.34. The molecule has 2 aliphatic rings. The predicted molar refractivity (Wildman–Crippen MR) is 134 cm³/mol. The molecule has 0 radical (unpaired) electrons. The van der Waals surface area contributed by atoms with Crippen molar-refractivity contribution in [1.29, 1.82) is 5.26 Å². The molecule has 1 atom stereocenters. The van der Waals surface area contributed by atoms with Gasteiger partial charge in [-0.3, -0.25) is 0 Å². The van der Waals surface area contributed by atoms with E-state index in [9.17, 15) is 9.59 Å². The number of nitrogens with one attached hydrogen (secondary N) is 2. The largest absolute Gasteiger partial charge is 0.481 e. The summed E-state index contributed by atoms with van der Waals surface area (Å²) in [6.45, 7) is 0.144. The molecule has 0 saturated carbocycles. The zero-order chi connectivity index (χ0) is 26.5. The van der Waals surface area contributed by atoms with E-state index in [1.165, 1.54) is 7.11 Å². The monoisotopic (exact) mass is 512 g/mol. The van der Waals surface area contributed by atoms with Gasteiger partial charge in [0.1, 0.15) is 6.61 Å². The van der Waals surface area contributed by atoms with E-state index in [0.29, 0.717) is 52.6 Å². The van der Waals surface area contributed by atoms with Crippen LogP contribution in [-0.2, 0) is 22.6 Å². The van der Waals surface area contributed by atoms with E-state index in [-0.39, 0.29) is 19.0 Å². The third-order valence-corrected chi connectivity index (χ3v) is 6.20. The van der Waals surface area contributed by atoms with Gasteiger partial charge in [0.2, 0.25) is 12.7 Å². The van der Waals surface area contributed by atoms with Gasteiger partial charge in [0.05, 0.1) is 30.4 Å². The highest BCUT2D eigenvalue weighted by atomic mass is 16.7. The first-order chi connectivity index (χ1) is 18.5. The molecule has 3 heterocycles. The summed E-state index contributed by atoms with van der Waals surface area (Å²) in [5.74, 6) is 1.15. The first kappa shape index (κ1) is 24.6. The number of amides is 2. The fourth-order valence-corrected chi connectivity index (χ4v) is 4.31. The van der Waals surface area contributed by atoms with Gasteiger partial charge in [0.15, 0.2) is 11.5 Å². The van der Waals surface area contributed by atoms with Crippen LogP contribution in [0, 0.1) is 11.3 Å². The zero-order valence-corrected chi connectivity index (χ0v) is 20.5. The van der Waals surface area contributed by atoms with Crippen LogP contribution in [0.4, 0.5) is 4.79 Å². The molecule has 0 bridgehead atoms. The lowest BCUT2D eigenvalue weighted by atomic mass is 9.94. The number of pyridine rings is 1. The second kappa shape index (κ2) is 10.9. The molecule has 192 valence electrons. The Labute approximate surface area is 218 Å². The van der Waals surface area contributed by atoms with Crippen LogP contribution in [0.15, 0.2) is 72.1 Å². The lowest BCUT2D eigenvalue weighted by Gasteiger charge is -2.29. The Balaban J connectivity index is 1.44. The molecule has 2 aromatic carbocycles. The Hall–Kier alpha value is -5.04. The number of rotatable bonds is 8. The number of hydrogen-bond donors (Lipinski definition) is 2. The van der Waals surface area contributed by atoms with Crippen LogP contribution in [0.25, 0.3) is 0 Å². The summed E-state index contributed by atoms with van der Waals surface area (Å²) >= 11 is 0. The maximum absolute atomic E-state index is 13.5. The van der Waals surface area contributed by atoms with Crippen molar-refractivity contribution in [1.82, 2.24) is 15.6 Å². The minimum atomic E-state index is -0.785. The molecular formula is C28H24N4O6. The van der Waals surface area contributed by atoms with Crippen molar-refractivity contribution in [2.45, 2.75) is 25.5 Å². The minimum Gasteiger partial charge on any atom is -0.481 e. The molecule has 38 heavy (non-hydrogen) atoms. The second-order valence-corrected chi connectivity index (χ2v) is 8.63. The molecule has 0 fully saturated rings. The molecule has 0 aliphatic carbocycles. The molecule has 1 unspecified atom stereocenters. The number of benzene rings is 2. The van der Waals surface area contributed by atoms with Gasteiger partial charge in [0, 0.05) is 18.0 Å². The predicted octanol–water partition coefficient (Wildman–Crippen LogP) is 3.67. The first-order valence-electron chi connectivity index (χ1n) is 11.9. The minimum absolute atomic E-state index is 0.0329. The molecule has 0 saturated heterocycles. The van der Waals surface area contributed by atoms with Crippen molar-refractivity contribution in [3.05, 3.63) is 94.3 Å². The van der Waals surface area contributed by atoms with Crippen molar-refractivity contribution in [2.24, 2.45) is 0 Å². The summed E-state index contributed by atoms with van der Waals surface area (Å²) in [5, 5.41) is 14.8. The molecular weight excluding hydrogens is 488 g/mol. The van der Waals surface area contributed by atoms with Crippen molar-refractivity contribution in [2.75, 3.05) is 13.9 Å². The number of esters is 1. The average Bonchev–Trinajstić information content (AvgIpc) is 3.42. The molecule has 2 amide bonds. The van der Waals surface area contributed by atoms with Gasteiger partial charge in [-0.25, -0.2) is 14.6 Å². The Morgan fingerprint density at radius 3 is 2.76 bits per heavy atom. The smallest absolute Gasteiger partial charge is 0.338 e. The van der Waals surface area contributed by atoms with Crippen molar-refractivity contribution in [3.8, 4) is 23.4 Å². The third kappa shape index (κ3) is 5.37. The number of carbonyl (C=O) groups excluding carboxylic acids is 2. The summed E-state index contributed by atoms with van der Waals surface area (Å²) < 4.78 is 21.6. The highest BCUT2D eigenvalue weighted by molar-refractivity contribution is 5.95. The van der Waals surface area contributed by atoms with Gasteiger partial charge < -0.3 is 29.6 Å². The zero-order valence-electron chi connectivity index (χ0n) is 20.5. The van der Waals surface area contributed by atoms with E-state index in [2.05, 4.69) is 21.7 Å². The SMILES string of the molecule is COc1ccc(C2NC(=O)NC(CCc3ccc4c(c3)OCO4)=C2C(=O)OCc2cccc(C#N)c2)cn1. The fourth-order valence-electron chi connectivity index (χ4n) is 4.31. The molecule has 10 heteroatoms. The van der Waals surface area contributed by atoms with E-state index >= 15 is 0 Å². The van der Waals surface area contributed by atoms with E-state index < -0.39 is 18.0 Å². The number of nitriles is 1. The van der Waals surface area contributed by atoms with Gasteiger partial charge in [0.25, 0.3) is 0 Å². The third-order valence-electron chi connectivity index (χ3n) is 6.20. The topological polar surface area (TPSA) is 132 Å². The number of carbonyl (C=O) groups is 2. The van der Waals surface area contributed by atoms with Gasteiger partial charge in [-0.2, -0.15) is 5.26 Å². The maximum Gasteiger partial charge on any atom is 0.338 e. The summed E-state index contributed by atoms with van der Waals surface area (Å²) in [5.41, 5.74) is 3.42. The Bertz CT molecular complexity index is 1440. The van der Waals surface area contributed by atoms with Crippen molar-refractivity contribution >= 4 is 12.0 Å². The number of fused-ring (bicyclic) bond motifs is 1. The number of methoxy groups -OCH3 is 1. The van der Waals surface area contributed by atoms with Gasteiger partial charge >= 0.3 is 12.0 Å². The number of urea groups is 1. The van der Waals surface area contributed by atoms with E-state index in [1.807, 2.05) is 18.2 Å². The van der Waals surface area contributed by atoms with Crippen LogP contribution >= 0.6 is 0 Å². The van der Waals surface area contributed by atoms with E-state index in [4.69, 9.17) is 24.2 Å².